The van der Waals surface area contributed by atoms with Crippen molar-refractivity contribution in [2.24, 2.45) is 0 Å². The predicted molar refractivity (Wildman–Crippen MR) is 62.5 cm³/mol. The van der Waals surface area contributed by atoms with Crippen LogP contribution in [0.2, 0.25) is 0 Å². The molecule has 1 atom stereocenters. The summed E-state index contributed by atoms with van der Waals surface area (Å²) < 4.78 is 27.2. The Morgan fingerprint density at radius 1 is 1.44 bits per heavy atom. The average Bonchev–Trinajstić information content (AvgIpc) is 2.69. The number of nitro groups is 1. The van der Waals surface area contributed by atoms with Gasteiger partial charge in [0.2, 0.25) is 0 Å². The molecule has 18 heavy (non-hydrogen) atoms. The van der Waals surface area contributed by atoms with Crippen LogP contribution in [0.3, 0.4) is 0 Å². The first-order valence-electron chi connectivity index (χ1n) is 5.56. The Hall–Kier alpha value is -1.76. The summed E-state index contributed by atoms with van der Waals surface area (Å²) in [5.41, 5.74) is -0.875. The zero-order chi connectivity index (χ0) is 13.3. The molecule has 98 valence electrons. The molecule has 1 fully saturated rings. The second kappa shape index (κ2) is 4.85. The first-order valence-corrected chi connectivity index (χ1v) is 5.56. The molecule has 0 bridgehead atoms. The molecule has 1 N–H and O–H groups in total. The molecule has 0 aliphatic carbocycles. The lowest BCUT2D eigenvalue weighted by atomic mass is 10.2. The van der Waals surface area contributed by atoms with Crippen LogP contribution in [0.4, 0.5) is 20.2 Å². The Morgan fingerprint density at radius 2 is 2.06 bits per heavy atom. The Kier molecular flexibility index (Phi) is 3.42. The van der Waals surface area contributed by atoms with E-state index < -0.39 is 22.2 Å². The van der Waals surface area contributed by atoms with Gasteiger partial charge in [0.25, 0.3) is 5.69 Å². The number of likely N-dealkylation sites (tertiary alicyclic amines) is 1. The van der Waals surface area contributed by atoms with Gasteiger partial charge in [0.05, 0.1) is 17.1 Å². The van der Waals surface area contributed by atoms with Gasteiger partial charge in [0.15, 0.2) is 11.6 Å². The third-order valence-electron chi connectivity index (χ3n) is 2.98. The van der Waals surface area contributed by atoms with Crippen LogP contribution in [-0.4, -0.2) is 36.0 Å². The molecule has 2 rings (SSSR count). The van der Waals surface area contributed by atoms with Crippen LogP contribution in [0.1, 0.15) is 6.42 Å². The third kappa shape index (κ3) is 2.56. The number of non-ortho nitro benzene ring substituents is 1. The largest absolute Gasteiger partial charge is 0.376 e. The minimum absolute atomic E-state index is 0.0412. The standard InChI is InChI=1S/C11H13F2N3O2/c1-15-3-2-7(6-15)14-11-9(12)4-8(16(17)18)5-10(11)13/h4-5,7,14H,2-3,6H2,1H3. The Balaban J connectivity index is 2.20. The van der Waals surface area contributed by atoms with Gasteiger partial charge < -0.3 is 10.2 Å². The smallest absolute Gasteiger partial charge is 0.275 e. The Morgan fingerprint density at radius 3 is 2.50 bits per heavy atom. The van der Waals surface area contributed by atoms with E-state index in [4.69, 9.17) is 0 Å². The van der Waals surface area contributed by atoms with Crippen molar-refractivity contribution in [2.75, 3.05) is 25.5 Å². The van der Waals surface area contributed by atoms with Gasteiger partial charge in [-0.1, -0.05) is 0 Å². The Labute approximate surface area is 103 Å². The van der Waals surface area contributed by atoms with Gasteiger partial charge >= 0.3 is 0 Å². The number of nitrogens with zero attached hydrogens (tertiary/aromatic N) is 2. The molecule has 0 radical (unpaired) electrons. The minimum Gasteiger partial charge on any atom is -0.376 e. The summed E-state index contributed by atoms with van der Waals surface area (Å²) in [7, 11) is 1.92. The lowest BCUT2D eigenvalue weighted by Crippen LogP contribution is -2.24. The number of hydrogen-bond acceptors (Lipinski definition) is 4. The summed E-state index contributed by atoms with van der Waals surface area (Å²) in [6.07, 6.45) is 0.784. The van der Waals surface area contributed by atoms with Crippen molar-refractivity contribution in [3.63, 3.8) is 0 Å². The second-order valence-electron chi connectivity index (χ2n) is 4.43. The molecular formula is C11H13F2N3O2. The molecule has 1 saturated heterocycles. The molecule has 0 amide bonds. The number of likely N-dealkylation sites (N-methyl/N-ethyl adjacent to an activating group) is 1. The summed E-state index contributed by atoms with van der Waals surface area (Å²) in [4.78, 5) is 11.7. The molecule has 0 spiro atoms. The normalized spacial score (nSPS) is 20.1. The van der Waals surface area contributed by atoms with Crippen LogP contribution in [0.15, 0.2) is 12.1 Å². The van der Waals surface area contributed by atoms with Crippen molar-refractivity contribution in [2.45, 2.75) is 12.5 Å². The molecule has 1 aromatic rings. The molecule has 1 unspecified atom stereocenters. The number of hydrogen-bond donors (Lipinski definition) is 1. The highest BCUT2D eigenvalue weighted by molar-refractivity contribution is 5.52. The third-order valence-corrected chi connectivity index (χ3v) is 2.98. The molecular weight excluding hydrogens is 244 g/mol. The minimum atomic E-state index is -0.934. The van der Waals surface area contributed by atoms with Gasteiger partial charge in [0, 0.05) is 12.6 Å². The maximum atomic E-state index is 13.6. The van der Waals surface area contributed by atoms with Crippen molar-refractivity contribution < 1.29 is 13.7 Å². The lowest BCUT2D eigenvalue weighted by molar-refractivity contribution is -0.385. The first kappa shape index (κ1) is 12.7. The average molecular weight is 257 g/mol. The highest BCUT2D eigenvalue weighted by Crippen LogP contribution is 2.26. The van der Waals surface area contributed by atoms with E-state index in [1.165, 1.54) is 0 Å². The van der Waals surface area contributed by atoms with E-state index in [0.29, 0.717) is 6.54 Å². The van der Waals surface area contributed by atoms with Crippen LogP contribution >= 0.6 is 0 Å². The second-order valence-corrected chi connectivity index (χ2v) is 4.43. The van der Waals surface area contributed by atoms with E-state index in [-0.39, 0.29) is 11.7 Å². The zero-order valence-electron chi connectivity index (χ0n) is 9.82. The quantitative estimate of drug-likeness (QED) is 0.664. The van der Waals surface area contributed by atoms with Crippen LogP contribution in [0, 0.1) is 21.7 Å². The number of halogens is 2. The van der Waals surface area contributed by atoms with Crippen molar-refractivity contribution in [1.82, 2.24) is 4.90 Å². The summed E-state index contributed by atoms with van der Waals surface area (Å²) in [6.45, 7) is 1.55. The maximum absolute atomic E-state index is 13.6. The fraction of sp³-hybridized carbons (Fsp3) is 0.455. The summed E-state index contributed by atoms with van der Waals surface area (Å²) >= 11 is 0. The van der Waals surface area contributed by atoms with Gasteiger partial charge in [-0.15, -0.1) is 0 Å². The van der Waals surface area contributed by atoms with E-state index in [1.54, 1.807) is 0 Å². The molecule has 0 saturated carbocycles. The topological polar surface area (TPSA) is 58.4 Å². The molecule has 1 aliphatic rings. The van der Waals surface area contributed by atoms with Gasteiger partial charge in [-0.2, -0.15) is 0 Å². The highest BCUT2D eigenvalue weighted by atomic mass is 19.1. The molecule has 0 aromatic heterocycles. The van der Waals surface area contributed by atoms with Crippen LogP contribution in [-0.2, 0) is 0 Å². The van der Waals surface area contributed by atoms with Crippen molar-refractivity contribution in [1.29, 1.82) is 0 Å². The fourth-order valence-corrected chi connectivity index (χ4v) is 2.06. The van der Waals surface area contributed by atoms with Gasteiger partial charge in [-0.3, -0.25) is 10.1 Å². The van der Waals surface area contributed by atoms with Gasteiger partial charge in [-0.25, -0.2) is 8.78 Å². The summed E-state index contributed by atoms with van der Waals surface area (Å²) in [5.74, 6) is -1.87. The van der Waals surface area contributed by atoms with E-state index in [1.807, 2.05) is 11.9 Å². The summed E-state index contributed by atoms with van der Waals surface area (Å²) in [6, 6.07) is 1.41. The monoisotopic (exact) mass is 257 g/mol. The SMILES string of the molecule is CN1CCC(Nc2c(F)cc([N+](=O)[O-])cc2F)C1. The van der Waals surface area contributed by atoms with E-state index >= 15 is 0 Å². The summed E-state index contributed by atoms with van der Waals surface area (Å²) in [5, 5.41) is 13.2. The molecule has 1 aliphatic heterocycles. The zero-order valence-corrected chi connectivity index (χ0v) is 9.82. The molecule has 5 nitrogen and oxygen atoms in total. The lowest BCUT2D eigenvalue weighted by Gasteiger charge is -2.15. The fourth-order valence-electron chi connectivity index (χ4n) is 2.06. The number of benzene rings is 1. The predicted octanol–water partition coefficient (Wildman–Crippen LogP) is 1.99. The van der Waals surface area contributed by atoms with Gasteiger partial charge in [0.1, 0.15) is 5.69 Å². The number of nitro benzene ring substituents is 1. The molecule has 7 heteroatoms. The Bertz CT molecular complexity index is 458. The maximum Gasteiger partial charge on any atom is 0.275 e. The first-order chi connectivity index (χ1) is 8.47. The number of anilines is 1. The van der Waals surface area contributed by atoms with Crippen molar-refractivity contribution in [3.05, 3.63) is 33.9 Å². The molecule has 1 aromatic carbocycles. The van der Waals surface area contributed by atoms with Crippen molar-refractivity contribution in [3.8, 4) is 0 Å². The highest BCUT2D eigenvalue weighted by Gasteiger charge is 2.23. The molecule has 1 heterocycles. The van der Waals surface area contributed by atoms with Crippen LogP contribution < -0.4 is 5.32 Å². The van der Waals surface area contributed by atoms with Gasteiger partial charge in [-0.05, 0) is 20.0 Å². The van der Waals surface area contributed by atoms with Crippen LogP contribution in [0.5, 0.6) is 0 Å². The van der Waals surface area contributed by atoms with Crippen molar-refractivity contribution >= 4 is 11.4 Å². The van der Waals surface area contributed by atoms with E-state index in [0.717, 1.165) is 25.1 Å². The van der Waals surface area contributed by atoms with Crippen LogP contribution in [0.25, 0.3) is 0 Å². The number of nitrogens with one attached hydrogen (secondary N) is 1. The van der Waals surface area contributed by atoms with E-state index in [9.17, 15) is 18.9 Å². The van der Waals surface area contributed by atoms with E-state index in [2.05, 4.69) is 5.32 Å². The number of rotatable bonds is 3.